The Labute approximate surface area is 109 Å². The molecule has 5 heteroatoms. The summed E-state index contributed by atoms with van der Waals surface area (Å²) >= 11 is 12.6. The van der Waals surface area contributed by atoms with Crippen LogP contribution in [-0.4, -0.2) is 29.2 Å². The number of unbranched alkanes of at least 4 members (excludes halogenated alkanes) is 1. The molecule has 2 nitrogen and oxygen atoms in total. The molecule has 90 valence electrons. The Morgan fingerprint density at radius 2 is 1.87 bits per heavy atom. The van der Waals surface area contributed by atoms with Crippen molar-refractivity contribution >= 4 is 43.8 Å². The second-order valence-corrected chi connectivity index (χ2v) is 5.11. The maximum atomic E-state index is 11.2. The highest BCUT2D eigenvalue weighted by Crippen LogP contribution is 2.12. The van der Waals surface area contributed by atoms with E-state index in [1.165, 1.54) is 0 Å². The van der Waals surface area contributed by atoms with Crippen LogP contribution >= 0.6 is 37.9 Å². The number of rotatable bonds is 9. The Hall–Kier alpha value is 0.520. The third-order valence-electron chi connectivity index (χ3n) is 2.09. The minimum absolute atomic E-state index is 0.133. The highest BCUT2D eigenvalue weighted by Gasteiger charge is 2.03. The second-order valence-electron chi connectivity index (χ2n) is 3.49. The van der Waals surface area contributed by atoms with Crippen molar-refractivity contribution in [1.29, 1.82) is 0 Å². The lowest BCUT2D eigenvalue weighted by molar-refractivity contribution is -0.121. The van der Waals surface area contributed by atoms with Gasteiger partial charge in [0.05, 0.1) is 0 Å². The Bertz CT molecular complexity index is 167. The van der Waals surface area contributed by atoms with Gasteiger partial charge in [0.1, 0.15) is 0 Å². The van der Waals surface area contributed by atoms with Crippen molar-refractivity contribution in [3.63, 3.8) is 0 Å². The summed E-state index contributed by atoms with van der Waals surface area (Å²) < 4.78 is 0. The quantitative estimate of drug-likeness (QED) is 0.374. The number of amides is 1. The number of hydrogen-bond acceptors (Lipinski definition) is 4. The lowest BCUT2D eigenvalue weighted by Gasteiger charge is -2.08. The van der Waals surface area contributed by atoms with Crippen molar-refractivity contribution in [3.8, 4) is 0 Å². The lowest BCUT2D eigenvalue weighted by atomic mass is 10.1. The van der Waals surface area contributed by atoms with Crippen molar-refractivity contribution in [2.45, 2.75) is 37.4 Å². The van der Waals surface area contributed by atoms with Gasteiger partial charge >= 0.3 is 0 Å². The highest BCUT2D eigenvalue weighted by atomic mass is 32.1. The van der Waals surface area contributed by atoms with Crippen LogP contribution in [0.2, 0.25) is 0 Å². The molecule has 0 saturated carbocycles. The third kappa shape index (κ3) is 10.8. The summed E-state index contributed by atoms with van der Waals surface area (Å²) in [5.74, 6) is 1.72. The van der Waals surface area contributed by atoms with E-state index in [2.05, 4.69) is 43.2 Å². The zero-order chi connectivity index (χ0) is 11.5. The fraction of sp³-hybridized carbons (Fsp3) is 0.900. The van der Waals surface area contributed by atoms with Gasteiger partial charge in [0.15, 0.2) is 0 Å². The molecule has 0 saturated heterocycles. The molecule has 0 heterocycles. The zero-order valence-electron chi connectivity index (χ0n) is 8.98. The first-order valence-electron chi connectivity index (χ1n) is 5.37. The fourth-order valence-corrected chi connectivity index (χ4v) is 2.18. The Balaban J connectivity index is 3.26. The van der Waals surface area contributed by atoms with E-state index in [9.17, 15) is 4.79 Å². The molecule has 0 spiro atoms. The van der Waals surface area contributed by atoms with Crippen LogP contribution in [0.5, 0.6) is 0 Å². The topological polar surface area (TPSA) is 29.1 Å². The van der Waals surface area contributed by atoms with E-state index in [1.807, 2.05) is 0 Å². The van der Waals surface area contributed by atoms with Crippen LogP contribution in [0, 0.1) is 0 Å². The molecule has 0 aliphatic rings. The van der Waals surface area contributed by atoms with Gasteiger partial charge in [-0.3, -0.25) is 4.79 Å². The molecule has 1 amide bonds. The Kier molecular flexibility index (Phi) is 11.4. The molecule has 0 aliphatic heterocycles. The molecule has 0 bridgehead atoms. The van der Waals surface area contributed by atoms with Gasteiger partial charge in [-0.25, -0.2) is 0 Å². The van der Waals surface area contributed by atoms with Crippen molar-refractivity contribution in [3.05, 3.63) is 0 Å². The van der Waals surface area contributed by atoms with Crippen molar-refractivity contribution in [2.24, 2.45) is 0 Å². The molecule has 0 aromatic heterocycles. The maximum absolute atomic E-state index is 11.2. The predicted molar refractivity (Wildman–Crippen MR) is 76.6 cm³/mol. The average Bonchev–Trinajstić information content (AvgIpc) is 2.22. The van der Waals surface area contributed by atoms with Gasteiger partial charge < -0.3 is 5.32 Å². The van der Waals surface area contributed by atoms with Gasteiger partial charge in [0.2, 0.25) is 5.91 Å². The van der Waals surface area contributed by atoms with E-state index < -0.39 is 0 Å². The SMILES string of the molecule is O=C(CCCC[C@H](S)CCS)NCCS. The number of carbonyl (C=O) groups excluding carboxylic acids is 1. The summed E-state index contributed by atoms with van der Waals surface area (Å²) in [4.78, 5) is 11.2. The Morgan fingerprint density at radius 3 is 2.47 bits per heavy atom. The summed E-state index contributed by atoms with van der Waals surface area (Å²) in [5, 5.41) is 3.23. The monoisotopic (exact) mass is 267 g/mol. The largest absolute Gasteiger partial charge is 0.355 e. The second kappa shape index (κ2) is 11.0. The van der Waals surface area contributed by atoms with E-state index in [0.717, 1.165) is 31.4 Å². The normalized spacial score (nSPS) is 12.5. The molecule has 1 N–H and O–H groups in total. The summed E-state index contributed by atoms with van der Waals surface area (Å²) in [6.07, 6.45) is 4.75. The minimum Gasteiger partial charge on any atom is -0.355 e. The molecule has 1 atom stereocenters. The van der Waals surface area contributed by atoms with Gasteiger partial charge in [0, 0.05) is 24.0 Å². The summed E-state index contributed by atoms with van der Waals surface area (Å²) in [6, 6.07) is 0. The van der Waals surface area contributed by atoms with E-state index in [4.69, 9.17) is 0 Å². The number of hydrogen-bond donors (Lipinski definition) is 4. The third-order valence-corrected chi connectivity index (χ3v) is 3.09. The molecule has 0 aliphatic carbocycles. The average molecular weight is 267 g/mol. The van der Waals surface area contributed by atoms with Crippen LogP contribution in [0.3, 0.4) is 0 Å². The molecular formula is C10H21NOS3. The standard InChI is InChI=1S/C10H21NOS3/c12-10(11-6-8-14)4-2-1-3-9(15)5-7-13/h9,13-15H,1-8H2,(H,11,12)/t9-/m0/s1. The van der Waals surface area contributed by atoms with E-state index in [0.29, 0.717) is 24.0 Å². The fourth-order valence-electron chi connectivity index (χ4n) is 1.24. The van der Waals surface area contributed by atoms with Crippen molar-refractivity contribution in [1.82, 2.24) is 5.32 Å². The van der Waals surface area contributed by atoms with Crippen LogP contribution in [0.15, 0.2) is 0 Å². The van der Waals surface area contributed by atoms with E-state index >= 15 is 0 Å². The van der Waals surface area contributed by atoms with E-state index in [-0.39, 0.29) is 5.91 Å². The molecule has 0 rings (SSSR count). The number of nitrogens with one attached hydrogen (secondary N) is 1. The zero-order valence-corrected chi connectivity index (χ0v) is 11.7. The number of carbonyl (C=O) groups is 1. The molecule has 0 fully saturated rings. The molecule has 15 heavy (non-hydrogen) atoms. The number of thiol groups is 3. The van der Waals surface area contributed by atoms with Gasteiger partial charge in [-0.1, -0.05) is 6.42 Å². The molecule has 0 radical (unpaired) electrons. The van der Waals surface area contributed by atoms with Crippen LogP contribution in [0.4, 0.5) is 0 Å². The van der Waals surface area contributed by atoms with Crippen molar-refractivity contribution < 1.29 is 4.79 Å². The van der Waals surface area contributed by atoms with Crippen LogP contribution < -0.4 is 5.32 Å². The highest BCUT2D eigenvalue weighted by molar-refractivity contribution is 7.81. The lowest BCUT2D eigenvalue weighted by Crippen LogP contribution is -2.24. The minimum atomic E-state index is 0.133. The molecular weight excluding hydrogens is 246 g/mol. The summed E-state index contributed by atoms with van der Waals surface area (Å²) in [6.45, 7) is 0.663. The predicted octanol–water partition coefficient (Wildman–Crippen LogP) is 2.21. The van der Waals surface area contributed by atoms with E-state index in [1.54, 1.807) is 0 Å². The van der Waals surface area contributed by atoms with Crippen LogP contribution in [0.1, 0.15) is 32.1 Å². The smallest absolute Gasteiger partial charge is 0.220 e. The summed E-state index contributed by atoms with van der Waals surface area (Å²) in [5.41, 5.74) is 0. The van der Waals surface area contributed by atoms with Gasteiger partial charge in [-0.15, -0.1) is 0 Å². The van der Waals surface area contributed by atoms with Gasteiger partial charge in [-0.2, -0.15) is 37.9 Å². The van der Waals surface area contributed by atoms with Crippen molar-refractivity contribution in [2.75, 3.05) is 18.1 Å². The Morgan fingerprint density at radius 1 is 1.13 bits per heavy atom. The molecule has 0 unspecified atom stereocenters. The van der Waals surface area contributed by atoms with Gasteiger partial charge in [0.25, 0.3) is 0 Å². The summed E-state index contributed by atoms with van der Waals surface area (Å²) in [7, 11) is 0. The first-order valence-corrected chi connectivity index (χ1v) is 7.15. The molecule has 0 aromatic carbocycles. The first kappa shape index (κ1) is 15.5. The maximum Gasteiger partial charge on any atom is 0.220 e. The van der Waals surface area contributed by atoms with Crippen LogP contribution in [-0.2, 0) is 4.79 Å². The van der Waals surface area contributed by atoms with Crippen LogP contribution in [0.25, 0.3) is 0 Å². The molecule has 0 aromatic rings. The first-order chi connectivity index (χ1) is 7.20. The van der Waals surface area contributed by atoms with Gasteiger partial charge in [-0.05, 0) is 25.0 Å².